The Morgan fingerprint density at radius 2 is 1.72 bits per heavy atom. The highest BCUT2D eigenvalue weighted by atomic mass is 16.6. The molecule has 6 heteroatoms. The summed E-state index contributed by atoms with van der Waals surface area (Å²) in [6.07, 6.45) is 1.42. The van der Waals surface area contributed by atoms with Gasteiger partial charge in [0.15, 0.2) is 0 Å². The number of anilines is 1. The summed E-state index contributed by atoms with van der Waals surface area (Å²) in [4.78, 5) is 37.4. The van der Waals surface area contributed by atoms with Gasteiger partial charge in [0, 0.05) is 12.1 Å². The van der Waals surface area contributed by atoms with Gasteiger partial charge in [-0.1, -0.05) is 38.1 Å². The third kappa shape index (κ3) is 2.80. The van der Waals surface area contributed by atoms with Crippen LogP contribution in [0.3, 0.4) is 0 Å². The Balaban J connectivity index is 2.17. The zero-order chi connectivity index (χ0) is 18.1. The highest BCUT2D eigenvalue weighted by Gasteiger charge is 2.35. The van der Waals surface area contributed by atoms with Gasteiger partial charge in [0.25, 0.3) is 11.6 Å². The number of amides is 2. The predicted octanol–water partition coefficient (Wildman–Crippen LogP) is 3.45. The van der Waals surface area contributed by atoms with Gasteiger partial charge in [-0.05, 0) is 29.5 Å². The van der Waals surface area contributed by atoms with Gasteiger partial charge in [-0.2, -0.15) is 0 Å². The lowest BCUT2D eigenvalue weighted by atomic mass is 9.94. The lowest BCUT2D eigenvalue weighted by Crippen LogP contribution is -2.43. The van der Waals surface area contributed by atoms with Crippen LogP contribution in [-0.4, -0.2) is 16.7 Å². The number of nitro benzene ring substituents is 1. The minimum atomic E-state index is -0.536. The van der Waals surface area contributed by atoms with Crippen LogP contribution in [0.15, 0.2) is 36.4 Å². The number of imide groups is 1. The average Bonchev–Trinajstić information content (AvgIpc) is 2.61. The molecule has 0 saturated carbocycles. The largest absolute Gasteiger partial charge is 0.274 e. The highest BCUT2D eigenvalue weighted by Crippen LogP contribution is 2.33. The fourth-order valence-electron chi connectivity index (χ4n) is 3.24. The van der Waals surface area contributed by atoms with Crippen LogP contribution in [0.1, 0.15) is 40.9 Å². The van der Waals surface area contributed by atoms with Crippen molar-refractivity contribution >= 4 is 23.2 Å². The number of non-ortho nitro benzene ring substituents is 1. The van der Waals surface area contributed by atoms with E-state index in [0.717, 1.165) is 11.1 Å². The first-order valence-corrected chi connectivity index (χ1v) is 8.23. The second-order valence-corrected chi connectivity index (χ2v) is 5.94. The number of hydrogen-bond donors (Lipinski definition) is 0. The van der Waals surface area contributed by atoms with Crippen molar-refractivity contribution in [2.45, 2.75) is 33.1 Å². The summed E-state index contributed by atoms with van der Waals surface area (Å²) in [5, 5.41) is 11.0. The topological polar surface area (TPSA) is 80.5 Å². The van der Waals surface area contributed by atoms with Crippen molar-refractivity contribution in [1.82, 2.24) is 0 Å². The molecule has 0 bridgehead atoms. The summed E-state index contributed by atoms with van der Waals surface area (Å²) in [5.74, 6) is -0.799. The van der Waals surface area contributed by atoms with Crippen molar-refractivity contribution in [3.8, 4) is 0 Å². The van der Waals surface area contributed by atoms with E-state index in [1.54, 1.807) is 0 Å². The van der Waals surface area contributed by atoms with E-state index in [9.17, 15) is 19.7 Å². The Hall–Kier alpha value is -3.02. The van der Waals surface area contributed by atoms with Gasteiger partial charge in [-0.25, -0.2) is 4.90 Å². The lowest BCUT2D eigenvalue weighted by Gasteiger charge is -2.30. The Morgan fingerprint density at radius 3 is 2.28 bits per heavy atom. The zero-order valence-corrected chi connectivity index (χ0v) is 14.1. The summed E-state index contributed by atoms with van der Waals surface area (Å²) in [6.45, 7) is 3.94. The molecule has 2 aromatic carbocycles. The molecule has 25 heavy (non-hydrogen) atoms. The first-order valence-electron chi connectivity index (χ1n) is 8.23. The molecule has 0 atom stereocenters. The fourth-order valence-corrected chi connectivity index (χ4v) is 3.24. The molecule has 6 nitrogen and oxygen atoms in total. The quantitative estimate of drug-likeness (QED) is 0.486. The second kappa shape index (κ2) is 6.47. The molecule has 1 heterocycles. The molecule has 0 N–H and O–H groups in total. The minimum absolute atomic E-state index is 0.0558. The summed E-state index contributed by atoms with van der Waals surface area (Å²) in [5.41, 5.74) is 3.05. The number of hydrogen-bond acceptors (Lipinski definition) is 4. The molecule has 128 valence electrons. The Kier molecular flexibility index (Phi) is 4.35. The van der Waals surface area contributed by atoms with Crippen LogP contribution in [0.2, 0.25) is 0 Å². The van der Waals surface area contributed by atoms with E-state index in [0.29, 0.717) is 24.1 Å². The van der Waals surface area contributed by atoms with Crippen molar-refractivity contribution in [2.24, 2.45) is 0 Å². The number of para-hydroxylation sites is 1. The molecular formula is C19H18N2O4. The van der Waals surface area contributed by atoms with Crippen molar-refractivity contribution in [2.75, 3.05) is 4.90 Å². The van der Waals surface area contributed by atoms with Crippen LogP contribution in [-0.2, 0) is 24.1 Å². The number of nitro groups is 1. The molecular weight excluding hydrogens is 320 g/mol. The molecule has 3 rings (SSSR count). The number of rotatable bonds is 4. The van der Waals surface area contributed by atoms with Gasteiger partial charge in [-0.15, -0.1) is 0 Å². The van der Waals surface area contributed by atoms with E-state index in [1.807, 2.05) is 32.0 Å². The maximum Gasteiger partial charge on any atom is 0.270 e. The van der Waals surface area contributed by atoms with Gasteiger partial charge in [0.1, 0.15) is 0 Å². The lowest BCUT2D eigenvalue weighted by molar-refractivity contribution is -0.384. The standard InChI is InChI=1S/C19H18N2O4/c1-3-12-6-5-7-13(4-2)18(12)20-17(22)10-14-8-9-15(21(24)25)11-16(14)19(20)23/h5-9,11H,3-4,10H2,1-2H3. The first kappa shape index (κ1) is 16.8. The molecule has 0 aliphatic carbocycles. The molecule has 0 saturated heterocycles. The molecule has 1 aliphatic heterocycles. The van der Waals surface area contributed by atoms with Crippen LogP contribution in [0.5, 0.6) is 0 Å². The molecule has 2 aromatic rings. The number of carbonyl (C=O) groups is 2. The Bertz CT molecular complexity index is 867. The number of aryl methyl sites for hydroxylation is 2. The second-order valence-electron chi connectivity index (χ2n) is 5.94. The molecule has 1 aliphatic rings. The Morgan fingerprint density at radius 1 is 1.08 bits per heavy atom. The third-order valence-electron chi connectivity index (χ3n) is 4.52. The molecule has 0 radical (unpaired) electrons. The monoisotopic (exact) mass is 338 g/mol. The number of nitrogens with zero attached hydrogens (tertiary/aromatic N) is 2. The van der Waals surface area contributed by atoms with Crippen molar-refractivity contribution in [1.29, 1.82) is 0 Å². The van der Waals surface area contributed by atoms with Crippen molar-refractivity contribution in [3.63, 3.8) is 0 Å². The number of fused-ring (bicyclic) bond motifs is 1. The van der Waals surface area contributed by atoms with E-state index in [2.05, 4.69) is 0 Å². The SMILES string of the molecule is CCc1cccc(CC)c1N1C(=O)Cc2ccc([N+](=O)[O-])cc2C1=O. The van der Waals surface area contributed by atoms with Crippen LogP contribution >= 0.6 is 0 Å². The average molecular weight is 338 g/mol. The van der Waals surface area contributed by atoms with Gasteiger partial charge < -0.3 is 0 Å². The molecule has 2 amide bonds. The van der Waals surface area contributed by atoms with E-state index in [4.69, 9.17) is 0 Å². The van der Waals surface area contributed by atoms with E-state index in [-0.39, 0.29) is 23.6 Å². The van der Waals surface area contributed by atoms with E-state index < -0.39 is 10.8 Å². The van der Waals surface area contributed by atoms with Crippen LogP contribution in [0.25, 0.3) is 0 Å². The molecule has 0 aromatic heterocycles. The number of carbonyl (C=O) groups excluding carboxylic acids is 2. The maximum absolute atomic E-state index is 13.0. The molecule has 0 fully saturated rings. The smallest absolute Gasteiger partial charge is 0.270 e. The van der Waals surface area contributed by atoms with Gasteiger partial charge in [-0.3, -0.25) is 19.7 Å². The van der Waals surface area contributed by atoms with Crippen LogP contribution in [0, 0.1) is 10.1 Å². The van der Waals surface area contributed by atoms with Crippen molar-refractivity contribution < 1.29 is 14.5 Å². The predicted molar refractivity (Wildman–Crippen MR) is 93.8 cm³/mol. The van der Waals surface area contributed by atoms with Crippen LogP contribution < -0.4 is 4.90 Å². The minimum Gasteiger partial charge on any atom is -0.274 e. The summed E-state index contributed by atoms with van der Waals surface area (Å²) in [6, 6.07) is 9.80. The highest BCUT2D eigenvalue weighted by molar-refractivity contribution is 6.25. The number of benzene rings is 2. The summed E-state index contributed by atoms with van der Waals surface area (Å²) >= 11 is 0. The fraction of sp³-hybridized carbons (Fsp3) is 0.263. The van der Waals surface area contributed by atoms with E-state index in [1.165, 1.54) is 23.1 Å². The van der Waals surface area contributed by atoms with Gasteiger partial charge >= 0.3 is 0 Å². The van der Waals surface area contributed by atoms with Gasteiger partial charge in [0.2, 0.25) is 5.91 Å². The summed E-state index contributed by atoms with van der Waals surface area (Å²) < 4.78 is 0. The molecule has 0 unspecified atom stereocenters. The zero-order valence-electron chi connectivity index (χ0n) is 14.1. The molecule has 0 spiro atoms. The first-order chi connectivity index (χ1) is 12.0. The third-order valence-corrected chi connectivity index (χ3v) is 4.52. The van der Waals surface area contributed by atoms with E-state index >= 15 is 0 Å². The summed E-state index contributed by atoms with van der Waals surface area (Å²) in [7, 11) is 0. The Labute approximate surface area is 145 Å². The van der Waals surface area contributed by atoms with Crippen molar-refractivity contribution in [3.05, 3.63) is 68.8 Å². The van der Waals surface area contributed by atoms with Gasteiger partial charge in [0.05, 0.1) is 22.6 Å². The van der Waals surface area contributed by atoms with Crippen LogP contribution in [0.4, 0.5) is 11.4 Å². The maximum atomic E-state index is 13.0. The normalized spacial score (nSPS) is 13.8.